The van der Waals surface area contributed by atoms with E-state index in [4.69, 9.17) is 5.73 Å². The van der Waals surface area contributed by atoms with Crippen molar-refractivity contribution < 1.29 is 4.79 Å². The minimum atomic E-state index is 0.262. The standard InChI is InChI=1S/C13H19N3O/c14-13-11(4-2-6-16-13)8-12(17)7-10-3-1-5-15-9-10/h2,4,6,10,15H,1,3,5,7-9H2,(H2,14,16). The quantitative estimate of drug-likeness (QED) is 0.819. The average Bonchev–Trinajstić information content (AvgIpc) is 2.33. The molecule has 2 heterocycles. The Morgan fingerprint density at radius 3 is 3.18 bits per heavy atom. The molecule has 1 unspecified atom stereocenters. The SMILES string of the molecule is Nc1ncccc1CC(=O)CC1CCCNC1. The lowest BCUT2D eigenvalue weighted by Crippen LogP contribution is -2.31. The lowest BCUT2D eigenvalue weighted by molar-refractivity contribution is -0.119. The number of rotatable bonds is 4. The zero-order chi connectivity index (χ0) is 12.1. The lowest BCUT2D eigenvalue weighted by Gasteiger charge is -2.21. The molecule has 1 aliphatic rings. The van der Waals surface area contributed by atoms with Crippen LogP contribution in [-0.2, 0) is 11.2 Å². The molecule has 4 nitrogen and oxygen atoms in total. The third-order valence-corrected chi connectivity index (χ3v) is 3.23. The molecule has 0 radical (unpaired) electrons. The third kappa shape index (κ3) is 3.53. The summed E-state index contributed by atoms with van der Waals surface area (Å²) in [6.07, 6.45) is 5.04. The Hall–Kier alpha value is -1.42. The molecule has 0 bridgehead atoms. The molecule has 1 aromatic heterocycles. The van der Waals surface area contributed by atoms with Gasteiger partial charge in [-0.05, 0) is 37.9 Å². The first-order valence-corrected chi connectivity index (χ1v) is 6.17. The van der Waals surface area contributed by atoms with Crippen molar-refractivity contribution in [3.63, 3.8) is 0 Å². The Kier molecular flexibility index (Phi) is 4.09. The fraction of sp³-hybridized carbons (Fsp3) is 0.538. The van der Waals surface area contributed by atoms with Crippen LogP contribution in [0, 0.1) is 5.92 Å². The number of anilines is 1. The number of hydrogen-bond acceptors (Lipinski definition) is 4. The van der Waals surface area contributed by atoms with Crippen LogP contribution in [-0.4, -0.2) is 23.9 Å². The van der Waals surface area contributed by atoms with Gasteiger partial charge in [-0.15, -0.1) is 0 Å². The number of nitrogens with two attached hydrogens (primary N) is 1. The summed E-state index contributed by atoms with van der Waals surface area (Å²) >= 11 is 0. The van der Waals surface area contributed by atoms with Crippen molar-refractivity contribution in [3.8, 4) is 0 Å². The number of carbonyl (C=O) groups is 1. The molecule has 17 heavy (non-hydrogen) atoms. The summed E-state index contributed by atoms with van der Waals surface area (Å²) in [6.45, 7) is 2.05. The van der Waals surface area contributed by atoms with E-state index in [0.717, 1.165) is 25.1 Å². The molecule has 1 aliphatic heterocycles. The summed E-state index contributed by atoms with van der Waals surface area (Å²) in [7, 11) is 0. The topological polar surface area (TPSA) is 68.0 Å². The Morgan fingerprint density at radius 2 is 2.47 bits per heavy atom. The van der Waals surface area contributed by atoms with E-state index in [1.165, 1.54) is 6.42 Å². The molecule has 1 saturated heterocycles. The highest BCUT2D eigenvalue weighted by Crippen LogP contribution is 2.16. The molecule has 1 aromatic rings. The number of ketones is 1. The van der Waals surface area contributed by atoms with Crippen molar-refractivity contribution >= 4 is 11.6 Å². The second kappa shape index (κ2) is 5.77. The highest BCUT2D eigenvalue weighted by molar-refractivity contribution is 5.82. The van der Waals surface area contributed by atoms with E-state index in [9.17, 15) is 4.79 Å². The molecule has 0 aliphatic carbocycles. The van der Waals surface area contributed by atoms with Gasteiger partial charge in [0.05, 0.1) is 0 Å². The Bertz CT molecular complexity index is 386. The van der Waals surface area contributed by atoms with Crippen LogP contribution in [0.5, 0.6) is 0 Å². The van der Waals surface area contributed by atoms with E-state index < -0.39 is 0 Å². The maximum atomic E-state index is 11.9. The molecule has 0 spiro atoms. The normalized spacial score (nSPS) is 20.1. The molecule has 3 N–H and O–H groups in total. The summed E-state index contributed by atoms with van der Waals surface area (Å²) in [5.74, 6) is 1.23. The maximum Gasteiger partial charge on any atom is 0.137 e. The fourth-order valence-corrected chi connectivity index (χ4v) is 2.31. The number of nitrogens with zero attached hydrogens (tertiary/aromatic N) is 1. The number of Topliss-reactive ketones (excluding diaryl/α,β-unsaturated/α-hetero) is 1. The van der Waals surface area contributed by atoms with E-state index in [2.05, 4.69) is 10.3 Å². The smallest absolute Gasteiger partial charge is 0.137 e. The van der Waals surface area contributed by atoms with Gasteiger partial charge in [-0.1, -0.05) is 6.07 Å². The monoisotopic (exact) mass is 233 g/mol. The van der Waals surface area contributed by atoms with Crippen LogP contribution >= 0.6 is 0 Å². The van der Waals surface area contributed by atoms with Crippen molar-refractivity contribution in [2.24, 2.45) is 5.92 Å². The summed E-state index contributed by atoms with van der Waals surface area (Å²) in [5.41, 5.74) is 6.57. The van der Waals surface area contributed by atoms with Gasteiger partial charge in [0.25, 0.3) is 0 Å². The van der Waals surface area contributed by atoms with Gasteiger partial charge in [0.2, 0.25) is 0 Å². The number of carbonyl (C=O) groups excluding carboxylic acids is 1. The molecule has 0 amide bonds. The zero-order valence-corrected chi connectivity index (χ0v) is 9.98. The number of hydrogen-bond donors (Lipinski definition) is 2. The average molecular weight is 233 g/mol. The van der Waals surface area contributed by atoms with Gasteiger partial charge in [-0.3, -0.25) is 4.79 Å². The highest BCUT2D eigenvalue weighted by Gasteiger charge is 2.17. The van der Waals surface area contributed by atoms with Crippen LogP contribution in [0.15, 0.2) is 18.3 Å². The van der Waals surface area contributed by atoms with Crippen molar-refractivity contribution in [1.29, 1.82) is 0 Å². The Balaban J connectivity index is 1.86. The molecule has 92 valence electrons. The minimum Gasteiger partial charge on any atom is -0.383 e. The van der Waals surface area contributed by atoms with Crippen molar-refractivity contribution in [2.75, 3.05) is 18.8 Å². The van der Waals surface area contributed by atoms with Crippen LogP contribution in [0.4, 0.5) is 5.82 Å². The number of piperidine rings is 1. The van der Waals surface area contributed by atoms with Crippen LogP contribution < -0.4 is 11.1 Å². The van der Waals surface area contributed by atoms with E-state index in [1.54, 1.807) is 6.20 Å². The molecular weight excluding hydrogens is 214 g/mol. The maximum absolute atomic E-state index is 11.9. The lowest BCUT2D eigenvalue weighted by atomic mass is 9.92. The van der Waals surface area contributed by atoms with Crippen LogP contribution in [0.1, 0.15) is 24.8 Å². The summed E-state index contributed by atoms with van der Waals surface area (Å²) < 4.78 is 0. The van der Waals surface area contributed by atoms with Gasteiger partial charge in [-0.25, -0.2) is 4.98 Å². The predicted molar refractivity (Wildman–Crippen MR) is 67.6 cm³/mol. The highest BCUT2D eigenvalue weighted by atomic mass is 16.1. The van der Waals surface area contributed by atoms with Crippen molar-refractivity contribution in [2.45, 2.75) is 25.7 Å². The largest absolute Gasteiger partial charge is 0.383 e. The summed E-state index contributed by atoms with van der Waals surface area (Å²) in [6, 6.07) is 3.69. The van der Waals surface area contributed by atoms with Crippen LogP contribution in [0.2, 0.25) is 0 Å². The summed E-state index contributed by atoms with van der Waals surface area (Å²) in [5, 5.41) is 3.33. The molecular formula is C13H19N3O. The van der Waals surface area contributed by atoms with E-state index in [0.29, 0.717) is 24.6 Å². The van der Waals surface area contributed by atoms with E-state index in [-0.39, 0.29) is 5.78 Å². The first kappa shape index (κ1) is 12.0. The van der Waals surface area contributed by atoms with Crippen LogP contribution in [0.25, 0.3) is 0 Å². The number of pyridine rings is 1. The molecule has 1 atom stereocenters. The second-order valence-electron chi connectivity index (χ2n) is 4.68. The van der Waals surface area contributed by atoms with Gasteiger partial charge in [0.1, 0.15) is 11.6 Å². The molecule has 4 heteroatoms. The number of aromatic nitrogens is 1. The molecule has 0 aromatic carbocycles. The summed E-state index contributed by atoms with van der Waals surface area (Å²) in [4.78, 5) is 15.9. The molecule has 1 fully saturated rings. The van der Waals surface area contributed by atoms with Gasteiger partial charge in [0, 0.05) is 24.6 Å². The first-order valence-electron chi connectivity index (χ1n) is 6.17. The Labute approximate surface area is 102 Å². The van der Waals surface area contributed by atoms with E-state index in [1.807, 2.05) is 12.1 Å². The predicted octanol–water partition coefficient (Wildman–Crippen LogP) is 1.17. The van der Waals surface area contributed by atoms with Crippen molar-refractivity contribution in [1.82, 2.24) is 10.3 Å². The second-order valence-corrected chi connectivity index (χ2v) is 4.68. The fourth-order valence-electron chi connectivity index (χ4n) is 2.31. The van der Waals surface area contributed by atoms with Gasteiger partial charge >= 0.3 is 0 Å². The first-order chi connectivity index (χ1) is 8.25. The Morgan fingerprint density at radius 1 is 1.59 bits per heavy atom. The third-order valence-electron chi connectivity index (χ3n) is 3.23. The minimum absolute atomic E-state index is 0.262. The van der Waals surface area contributed by atoms with Gasteiger partial charge in [-0.2, -0.15) is 0 Å². The molecule has 0 saturated carbocycles. The van der Waals surface area contributed by atoms with Gasteiger partial charge < -0.3 is 11.1 Å². The zero-order valence-electron chi connectivity index (χ0n) is 9.98. The van der Waals surface area contributed by atoms with E-state index >= 15 is 0 Å². The van der Waals surface area contributed by atoms with Gasteiger partial charge in [0.15, 0.2) is 0 Å². The number of nitrogen functional groups attached to an aromatic ring is 1. The molecule has 2 rings (SSSR count). The number of nitrogens with one attached hydrogen (secondary N) is 1. The van der Waals surface area contributed by atoms with Crippen LogP contribution in [0.3, 0.4) is 0 Å². The van der Waals surface area contributed by atoms with Crippen molar-refractivity contribution in [3.05, 3.63) is 23.9 Å².